The number of hydrogen-bond acceptors (Lipinski definition) is 6. The minimum Gasteiger partial charge on any atom is -0.469 e. The number of rotatable bonds is 6. The Morgan fingerprint density at radius 1 is 1.03 bits per heavy atom. The standard InChI is InChI=1S/C17H15NO2.C10H9N3O2.C3H8/c1-20-17(19)10-9-13-5-4-7-14(11-13)16-8-3-2-6-15(16)12-18;11-9(14)5-13-6-12-8-4-2-1-3-7(8)10(13)15;1-3-2/h2-8,11H,9-10H2,1H3;1-4,6H,5H2,(H2,11,14);3H2,1-2H3. The molecule has 1 aromatic heterocycles. The quantitative estimate of drug-likeness (QED) is 0.375. The van der Waals surface area contributed by atoms with Gasteiger partial charge in [-0.3, -0.25) is 19.0 Å². The number of methoxy groups -OCH3 is 1. The number of nitrogens with two attached hydrogens (primary N) is 1. The molecule has 0 radical (unpaired) electrons. The zero-order valence-electron chi connectivity index (χ0n) is 21.9. The second-order valence-corrected chi connectivity index (χ2v) is 8.30. The Hall–Kier alpha value is -4.77. The van der Waals surface area contributed by atoms with E-state index < -0.39 is 5.91 Å². The maximum atomic E-state index is 11.8. The molecule has 0 saturated carbocycles. The summed E-state index contributed by atoms with van der Waals surface area (Å²) < 4.78 is 5.84. The number of fused-ring (bicyclic) bond motifs is 1. The van der Waals surface area contributed by atoms with Gasteiger partial charge in [-0.25, -0.2) is 4.98 Å². The first-order valence-corrected chi connectivity index (χ1v) is 12.2. The second-order valence-electron chi connectivity index (χ2n) is 8.30. The number of para-hydroxylation sites is 1. The van der Waals surface area contributed by atoms with Gasteiger partial charge in [-0.1, -0.05) is 74.9 Å². The molecule has 8 nitrogen and oxygen atoms in total. The highest BCUT2D eigenvalue weighted by atomic mass is 16.5. The number of nitrogens with zero attached hydrogens (tertiary/aromatic N) is 3. The van der Waals surface area contributed by atoms with E-state index in [1.807, 2.05) is 42.5 Å². The van der Waals surface area contributed by atoms with Crippen LogP contribution in [0, 0.1) is 11.3 Å². The van der Waals surface area contributed by atoms with Gasteiger partial charge in [0, 0.05) is 6.42 Å². The number of benzene rings is 3. The van der Waals surface area contributed by atoms with Gasteiger partial charge < -0.3 is 10.5 Å². The van der Waals surface area contributed by atoms with Crippen LogP contribution in [0.4, 0.5) is 0 Å². The van der Waals surface area contributed by atoms with E-state index >= 15 is 0 Å². The van der Waals surface area contributed by atoms with Crippen LogP contribution in [-0.4, -0.2) is 28.5 Å². The summed E-state index contributed by atoms with van der Waals surface area (Å²) in [4.78, 5) is 37.7. The highest BCUT2D eigenvalue weighted by molar-refractivity contribution is 5.78. The van der Waals surface area contributed by atoms with Crippen molar-refractivity contribution in [1.29, 1.82) is 5.26 Å². The molecule has 0 saturated heterocycles. The SMILES string of the molecule is CCC.COC(=O)CCc1cccc(-c2ccccc2C#N)c1.NC(=O)Cn1cnc2ccccc2c1=O. The summed E-state index contributed by atoms with van der Waals surface area (Å²) in [5, 5.41) is 9.63. The van der Waals surface area contributed by atoms with Crippen LogP contribution in [0.5, 0.6) is 0 Å². The molecule has 2 N–H and O–H groups in total. The summed E-state index contributed by atoms with van der Waals surface area (Å²) in [7, 11) is 1.39. The molecule has 1 heterocycles. The van der Waals surface area contributed by atoms with Gasteiger partial charge >= 0.3 is 5.97 Å². The van der Waals surface area contributed by atoms with E-state index in [0.717, 1.165) is 16.7 Å². The van der Waals surface area contributed by atoms with Crippen LogP contribution in [0.15, 0.2) is 83.9 Å². The van der Waals surface area contributed by atoms with Crippen LogP contribution in [0.1, 0.15) is 37.8 Å². The lowest BCUT2D eigenvalue weighted by atomic mass is 9.97. The molecule has 4 aromatic rings. The summed E-state index contributed by atoms with van der Waals surface area (Å²) in [6, 6.07) is 24.6. The number of carbonyl (C=O) groups is 2. The van der Waals surface area contributed by atoms with E-state index in [2.05, 4.69) is 29.6 Å². The van der Waals surface area contributed by atoms with Crippen molar-refractivity contribution in [3.63, 3.8) is 0 Å². The molecule has 0 aliphatic heterocycles. The van der Waals surface area contributed by atoms with Crippen molar-refractivity contribution in [3.8, 4) is 17.2 Å². The Morgan fingerprint density at radius 2 is 1.71 bits per heavy atom. The van der Waals surface area contributed by atoms with Gasteiger partial charge in [0.2, 0.25) is 5.91 Å². The third-order valence-corrected chi connectivity index (χ3v) is 5.19. The Bertz CT molecular complexity index is 1470. The number of aryl methyl sites for hydroxylation is 1. The number of hydrogen-bond donors (Lipinski definition) is 1. The number of amides is 1. The molecule has 8 heteroatoms. The van der Waals surface area contributed by atoms with Crippen molar-refractivity contribution < 1.29 is 14.3 Å². The van der Waals surface area contributed by atoms with Crippen molar-refractivity contribution >= 4 is 22.8 Å². The normalized spacial score (nSPS) is 9.74. The Morgan fingerprint density at radius 3 is 2.39 bits per heavy atom. The average molecular weight is 513 g/mol. The molecule has 0 aliphatic rings. The van der Waals surface area contributed by atoms with Gasteiger partial charge in [-0.15, -0.1) is 0 Å². The van der Waals surface area contributed by atoms with Gasteiger partial charge in [-0.2, -0.15) is 5.26 Å². The Kier molecular flexibility index (Phi) is 11.9. The molecular formula is C30H32N4O4. The van der Waals surface area contributed by atoms with Gasteiger partial charge in [0.15, 0.2) is 0 Å². The number of aromatic nitrogens is 2. The molecule has 0 atom stereocenters. The number of ether oxygens (including phenoxy) is 1. The molecule has 0 spiro atoms. The minimum atomic E-state index is -0.561. The van der Waals surface area contributed by atoms with Crippen LogP contribution in [0.25, 0.3) is 22.0 Å². The first-order chi connectivity index (χ1) is 18.3. The van der Waals surface area contributed by atoms with Gasteiger partial charge in [0.1, 0.15) is 6.54 Å². The lowest BCUT2D eigenvalue weighted by Gasteiger charge is -2.07. The summed E-state index contributed by atoms with van der Waals surface area (Å²) >= 11 is 0. The predicted molar refractivity (Wildman–Crippen MR) is 148 cm³/mol. The molecule has 0 bridgehead atoms. The molecule has 4 rings (SSSR count). The van der Waals surface area contributed by atoms with Crippen LogP contribution in [0.3, 0.4) is 0 Å². The third kappa shape index (κ3) is 8.71. The summed E-state index contributed by atoms with van der Waals surface area (Å²) in [6.07, 6.45) is 3.57. The van der Waals surface area contributed by atoms with Crippen molar-refractivity contribution in [1.82, 2.24) is 9.55 Å². The molecule has 38 heavy (non-hydrogen) atoms. The number of nitriles is 1. The van der Waals surface area contributed by atoms with Crippen LogP contribution >= 0.6 is 0 Å². The summed E-state index contributed by atoms with van der Waals surface area (Å²) in [6.45, 7) is 4.11. The molecule has 196 valence electrons. The van der Waals surface area contributed by atoms with Crippen molar-refractivity contribution in [2.24, 2.45) is 5.73 Å². The zero-order valence-corrected chi connectivity index (χ0v) is 21.9. The maximum absolute atomic E-state index is 11.8. The highest BCUT2D eigenvalue weighted by Gasteiger charge is 2.07. The summed E-state index contributed by atoms with van der Waals surface area (Å²) in [5.74, 6) is -0.776. The average Bonchev–Trinajstić information content (AvgIpc) is 2.94. The first-order valence-electron chi connectivity index (χ1n) is 12.2. The first kappa shape index (κ1) is 29.5. The fourth-order valence-corrected chi connectivity index (χ4v) is 3.46. The van der Waals surface area contributed by atoms with E-state index in [1.165, 1.54) is 24.4 Å². The molecule has 0 unspecified atom stereocenters. The molecule has 0 aliphatic carbocycles. The van der Waals surface area contributed by atoms with Gasteiger partial charge in [0.05, 0.1) is 36.0 Å². The second kappa shape index (κ2) is 15.4. The highest BCUT2D eigenvalue weighted by Crippen LogP contribution is 2.24. The van der Waals surface area contributed by atoms with Crippen molar-refractivity contribution in [3.05, 3.63) is 101 Å². The molecule has 3 aromatic carbocycles. The van der Waals surface area contributed by atoms with Gasteiger partial charge in [0.25, 0.3) is 5.56 Å². The number of primary amides is 1. The number of carbonyl (C=O) groups excluding carboxylic acids is 2. The van der Waals surface area contributed by atoms with E-state index in [-0.39, 0.29) is 18.1 Å². The minimum absolute atomic E-state index is 0.142. The van der Waals surface area contributed by atoms with Gasteiger partial charge in [-0.05, 0) is 41.3 Å². The van der Waals surface area contributed by atoms with Crippen LogP contribution in [-0.2, 0) is 27.3 Å². The van der Waals surface area contributed by atoms with E-state index in [1.54, 1.807) is 30.3 Å². The van der Waals surface area contributed by atoms with Crippen LogP contribution in [0.2, 0.25) is 0 Å². The van der Waals surface area contributed by atoms with E-state index in [0.29, 0.717) is 29.3 Å². The fraction of sp³-hybridized carbons (Fsp3) is 0.233. The topological polar surface area (TPSA) is 128 Å². The lowest BCUT2D eigenvalue weighted by molar-refractivity contribution is -0.140. The largest absolute Gasteiger partial charge is 0.469 e. The monoisotopic (exact) mass is 512 g/mol. The predicted octanol–water partition coefficient (Wildman–Crippen LogP) is 4.63. The fourth-order valence-electron chi connectivity index (χ4n) is 3.46. The van der Waals surface area contributed by atoms with Crippen molar-refractivity contribution in [2.75, 3.05) is 7.11 Å². The smallest absolute Gasteiger partial charge is 0.305 e. The van der Waals surface area contributed by atoms with Crippen molar-refractivity contribution in [2.45, 2.75) is 39.7 Å². The number of esters is 1. The van der Waals surface area contributed by atoms with E-state index in [4.69, 9.17) is 11.0 Å². The zero-order chi connectivity index (χ0) is 27.9. The third-order valence-electron chi connectivity index (χ3n) is 5.19. The molecule has 0 fully saturated rings. The Labute approximate surface area is 222 Å². The summed E-state index contributed by atoms with van der Waals surface area (Å²) in [5.41, 5.74) is 8.98. The molecular weight excluding hydrogens is 480 g/mol. The van der Waals surface area contributed by atoms with Crippen LogP contribution < -0.4 is 11.3 Å². The lowest BCUT2D eigenvalue weighted by Crippen LogP contribution is -2.28. The van der Waals surface area contributed by atoms with E-state index in [9.17, 15) is 14.4 Å². The Balaban J connectivity index is 0.000000250. The molecule has 1 amide bonds. The maximum Gasteiger partial charge on any atom is 0.305 e.